The van der Waals surface area contributed by atoms with Gasteiger partial charge in [0.15, 0.2) is 0 Å². The standard InChI is InChI=1S/C10H22ClNO3S/c1-10(2,3)9-16(13,14)12-6-4-7-15-8-5-11/h12H,4-9H2,1-3H3. The Kier molecular flexibility index (Phi) is 7.55. The van der Waals surface area contributed by atoms with Gasteiger partial charge in [0.05, 0.1) is 12.4 Å². The fourth-order valence-corrected chi connectivity index (χ4v) is 2.99. The van der Waals surface area contributed by atoms with Crippen molar-refractivity contribution in [1.29, 1.82) is 0 Å². The van der Waals surface area contributed by atoms with E-state index in [2.05, 4.69) is 4.72 Å². The van der Waals surface area contributed by atoms with Crippen LogP contribution in [0.25, 0.3) is 0 Å². The van der Waals surface area contributed by atoms with Crippen LogP contribution in [0.4, 0.5) is 0 Å². The number of nitrogens with one attached hydrogen (secondary N) is 1. The molecule has 0 aromatic rings. The van der Waals surface area contributed by atoms with Crippen LogP contribution in [-0.2, 0) is 14.8 Å². The van der Waals surface area contributed by atoms with Crippen molar-refractivity contribution in [3.63, 3.8) is 0 Å². The fraction of sp³-hybridized carbons (Fsp3) is 1.00. The number of rotatable bonds is 8. The summed E-state index contributed by atoms with van der Waals surface area (Å²) in [6.45, 7) is 7.16. The molecule has 0 aliphatic heterocycles. The summed E-state index contributed by atoms with van der Waals surface area (Å²) in [7, 11) is -3.16. The largest absolute Gasteiger partial charge is 0.380 e. The molecule has 0 aromatic carbocycles. The Morgan fingerprint density at radius 1 is 1.25 bits per heavy atom. The molecule has 0 spiro atoms. The molecule has 0 saturated carbocycles. The van der Waals surface area contributed by atoms with E-state index in [0.29, 0.717) is 32.1 Å². The third-order valence-corrected chi connectivity index (χ3v) is 3.68. The summed E-state index contributed by atoms with van der Waals surface area (Å²) in [5.74, 6) is 0.609. The molecule has 0 atom stereocenters. The highest BCUT2D eigenvalue weighted by atomic mass is 35.5. The molecule has 0 fully saturated rings. The lowest BCUT2D eigenvalue weighted by atomic mass is 10.0. The Labute approximate surface area is 104 Å². The fourth-order valence-electron chi connectivity index (χ4n) is 1.18. The molecule has 0 bridgehead atoms. The first-order chi connectivity index (χ1) is 7.27. The molecule has 0 rings (SSSR count). The first-order valence-electron chi connectivity index (χ1n) is 5.38. The monoisotopic (exact) mass is 271 g/mol. The van der Waals surface area contributed by atoms with Crippen molar-refractivity contribution < 1.29 is 13.2 Å². The zero-order chi connectivity index (χ0) is 12.7. The number of hydrogen-bond donors (Lipinski definition) is 1. The van der Waals surface area contributed by atoms with Gasteiger partial charge in [0.2, 0.25) is 10.0 Å². The number of halogens is 1. The summed E-state index contributed by atoms with van der Waals surface area (Å²) >= 11 is 5.42. The lowest BCUT2D eigenvalue weighted by Gasteiger charge is -2.18. The van der Waals surface area contributed by atoms with Gasteiger partial charge in [0.25, 0.3) is 0 Å². The predicted molar refractivity (Wildman–Crippen MR) is 67.4 cm³/mol. The highest BCUT2D eigenvalue weighted by Gasteiger charge is 2.20. The molecule has 4 nitrogen and oxygen atoms in total. The molecule has 0 saturated heterocycles. The van der Waals surface area contributed by atoms with Gasteiger partial charge in [-0.1, -0.05) is 20.8 Å². The molecular formula is C10H22ClNO3S. The van der Waals surface area contributed by atoms with E-state index < -0.39 is 10.0 Å². The molecule has 1 N–H and O–H groups in total. The Hall–Kier alpha value is 0.160. The minimum absolute atomic E-state index is 0.141. The Bertz CT molecular complexity index is 272. The Morgan fingerprint density at radius 2 is 1.88 bits per heavy atom. The molecule has 98 valence electrons. The highest BCUT2D eigenvalue weighted by molar-refractivity contribution is 7.89. The highest BCUT2D eigenvalue weighted by Crippen LogP contribution is 2.15. The van der Waals surface area contributed by atoms with Gasteiger partial charge in [0.1, 0.15) is 0 Å². The van der Waals surface area contributed by atoms with E-state index >= 15 is 0 Å². The van der Waals surface area contributed by atoms with Crippen molar-refractivity contribution in [3.8, 4) is 0 Å². The average molecular weight is 272 g/mol. The van der Waals surface area contributed by atoms with Crippen LogP contribution in [0.3, 0.4) is 0 Å². The maximum absolute atomic E-state index is 11.6. The topological polar surface area (TPSA) is 55.4 Å². The van der Waals surface area contributed by atoms with Gasteiger partial charge in [-0.05, 0) is 11.8 Å². The summed E-state index contributed by atoms with van der Waals surface area (Å²) in [5.41, 5.74) is -0.221. The van der Waals surface area contributed by atoms with Crippen LogP contribution in [0.1, 0.15) is 27.2 Å². The van der Waals surface area contributed by atoms with Crippen LogP contribution in [0.2, 0.25) is 0 Å². The molecule has 0 aliphatic carbocycles. The normalized spacial score (nSPS) is 13.0. The summed E-state index contributed by atoms with van der Waals surface area (Å²) in [6.07, 6.45) is 0.667. The second-order valence-electron chi connectivity index (χ2n) is 4.87. The third kappa shape index (κ3) is 10.7. The summed E-state index contributed by atoms with van der Waals surface area (Å²) < 4.78 is 30.8. The van der Waals surface area contributed by atoms with Gasteiger partial charge in [-0.25, -0.2) is 13.1 Å². The van der Waals surface area contributed by atoms with Crippen LogP contribution < -0.4 is 4.72 Å². The average Bonchev–Trinajstić information content (AvgIpc) is 2.06. The van der Waals surface area contributed by atoms with Crippen LogP contribution in [0.5, 0.6) is 0 Å². The van der Waals surface area contributed by atoms with E-state index in [9.17, 15) is 8.42 Å². The van der Waals surface area contributed by atoms with Gasteiger partial charge in [-0.3, -0.25) is 0 Å². The van der Waals surface area contributed by atoms with Gasteiger partial charge in [-0.15, -0.1) is 11.6 Å². The van der Waals surface area contributed by atoms with Crippen molar-refractivity contribution in [2.24, 2.45) is 5.41 Å². The lowest BCUT2D eigenvalue weighted by Crippen LogP contribution is -2.33. The van der Waals surface area contributed by atoms with E-state index in [4.69, 9.17) is 16.3 Å². The zero-order valence-corrected chi connectivity index (χ0v) is 11.8. The van der Waals surface area contributed by atoms with Gasteiger partial charge in [0, 0.05) is 19.0 Å². The van der Waals surface area contributed by atoms with Crippen molar-refractivity contribution in [2.45, 2.75) is 27.2 Å². The molecule has 16 heavy (non-hydrogen) atoms. The number of alkyl halides is 1. The second-order valence-corrected chi connectivity index (χ2v) is 7.05. The number of sulfonamides is 1. The van der Waals surface area contributed by atoms with E-state index in [0.717, 1.165) is 0 Å². The van der Waals surface area contributed by atoms with Crippen LogP contribution >= 0.6 is 11.6 Å². The third-order valence-electron chi connectivity index (χ3n) is 1.63. The Morgan fingerprint density at radius 3 is 2.38 bits per heavy atom. The van der Waals surface area contributed by atoms with E-state index in [1.165, 1.54) is 0 Å². The van der Waals surface area contributed by atoms with Gasteiger partial charge < -0.3 is 4.74 Å². The molecule has 0 amide bonds. The number of hydrogen-bond acceptors (Lipinski definition) is 3. The molecule has 6 heteroatoms. The van der Waals surface area contributed by atoms with Crippen molar-refractivity contribution in [1.82, 2.24) is 4.72 Å². The molecule has 0 unspecified atom stereocenters. The molecule has 0 aliphatic rings. The molecular weight excluding hydrogens is 250 g/mol. The van der Waals surface area contributed by atoms with E-state index in [1.807, 2.05) is 20.8 Å². The first-order valence-corrected chi connectivity index (χ1v) is 7.56. The summed E-state index contributed by atoms with van der Waals surface area (Å²) in [6, 6.07) is 0. The van der Waals surface area contributed by atoms with Crippen LogP contribution in [0.15, 0.2) is 0 Å². The van der Waals surface area contributed by atoms with Crippen LogP contribution in [0, 0.1) is 5.41 Å². The van der Waals surface area contributed by atoms with E-state index in [1.54, 1.807) is 0 Å². The van der Waals surface area contributed by atoms with Crippen LogP contribution in [-0.4, -0.2) is 39.8 Å². The van der Waals surface area contributed by atoms with Crippen molar-refractivity contribution >= 4 is 21.6 Å². The quantitative estimate of drug-likeness (QED) is 0.539. The minimum atomic E-state index is -3.16. The minimum Gasteiger partial charge on any atom is -0.380 e. The van der Waals surface area contributed by atoms with Crippen molar-refractivity contribution in [3.05, 3.63) is 0 Å². The van der Waals surface area contributed by atoms with Gasteiger partial charge in [-0.2, -0.15) is 0 Å². The molecule has 0 radical (unpaired) electrons. The molecule has 0 heterocycles. The Balaban J connectivity index is 3.68. The van der Waals surface area contributed by atoms with Gasteiger partial charge >= 0.3 is 0 Å². The predicted octanol–water partition coefficient (Wildman–Crippen LogP) is 1.60. The second kappa shape index (κ2) is 7.48. The maximum atomic E-state index is 11.6. The smallest absolute Gasteiger partial charge is 0.212 e. The first kappa shape index (κ1) is 16.2. The van der Waals surface area contributed by atoms with E-state index in [-0.39, 0.29) is 11.2 Å². The summed E-state index contributed by atoms with van der Waals surface area (Å²) in [4.78, 5) is 0. The van der Waals surface area contributed by atoms with Crippen molar-refractivity contribution in [2.75, 3.05) is 31.4 Å². The maximum Gasteiger partial charge on any atom is 0.212 e. The lowest BCUT2D eigenvalue weighted by molar-refractivity contribution is 0.147. The summed E-state index contributed by atoms with van der Waals surface area (Å²) in [5, 5.41) is 0. The number of ether oxygens (including phenoxy) is 1. The SMILES string of the molecule is CC(C)(C)CS(=O)(=O)NCCCOCCCl. The molecule has 0 aromatic heterocycles. The zero-order valence-electron chi connectivity index (χ0n) is 10.3.